The Bertz CT molecular complexity index is 608. The van der Waals surface area contributed by atoms with Gasteiger partial charge in [-0.3, -0.25) is 14.6 Å². The molecular formula is C11H11BrN4O2. The maximum absolute atomic E-state index is 11.3. The summed E-state index contributed by atoms with van der Waals surface area (Å²) in [5, 5.41) is 10.3. The SMILES string of the molecule is COCC(=O)NC(=N)c1cnc2ccc(Br)cn12. The van der Waals surface area contributed by atoms with Gasteiger partial charge in [0, 0.05) is 17.8 Å². The third kappa shape index (κ3) is 2.57. The molecule has 18 heavy (non-hydrogen) atoms. The molecule has 0 saturated heterocycles. The highest BCUT2D eigenvalue weighted by Gasteiger charge is 2.11. The molecule has 2 aromatic rings. The quantitative estimate of drug-likeness (QED) is 0.660. The van der Waals surface area contributed by atoms with Gasteiger partial charge in [0.1, 0.15) is 17.9 Å². The van der Waals surface area contributed by atoms with Crippen LogP contribution in [0.15, 0.2) is 29.0 Å². The van der Waals surface area contributed by atoms with Gasteiger partial charge in [-0.05, 0) is 28.1 Å². The van der Waals surface area contributed by atoms with Crippen molar-refractivity contribution in [1.29, 1.82) is 5.41 Å². The predicted molar refractivity (Wildman–Crippen MR) is 69.7 cm³/mol. The minimum atomic E-state index is -0.368. The number of nitrogens with one attached hydrogen (secondary N) is 2. The fourth-order valence-corrected chi connectivity index (χ4v) is 1.85. The number of imidazole rings is 1. The molecule has 2 N–H and O–H groups in total. The molecule has 0 atom stereocenters. The molecule has 0 aliphatic carbocycles. The molecule has 7 heteroatoms. The smallest absolute Gasteiger partial charge is 0.251 e. The van der Waals surface area contributed by atoms with Crippen LogP contribution in [0.1, 0.15) is 5.69 Å². The molecule has 2 rings (SSSR count). The van der Waals surface area contributed by atoms with Crippen LogP contribution in [0.4, 0.5) is 0 Å². The summed E-state index contributed by atoms with van der Waals surface area (Å²) in [5.74, 6) is -0.380. The average Bonchev–Trinajstić information content (AvgIpc) is 2.71. The normalized spacial score (nSPS) is 10.6. The highest BCUT2D eigenvalue weighted by Crippen LogP contribution is 2.13. The van der Waals surface area contributed by atoms with E-state index in [2.05, 4.69) is 31.0 Å². The second-order valence-corrected chi connectivity index (χ2v) is 4.49. The fraction of sp³-hybridized carbons (Fsp3) is 0.182. The number of amides is 1. The highest BCUT2D eigenvalue weighted by molar-refractivity contribution is 9.10. The van der Waals surface area contributed by atoms with E-state index in [1.807, 2.05) is 12.1 Å². The monoisotopic (exact) mass is 310 g/mol. The molecule has 0 saturated carbocycles. The molecule has 94 valence electrons. The molecule has 0 unspecified atom stereocenters. The van der Waals surface area contributed by atoms with Gasteiger partial charge in [0.15, 0.2) is 5.84 Å². The van der Waals surface area contributed by atoms with Crippen LogP contribution in [0, 0.1) is 5.41 Å². The number of hydrogen-bond donors (Lipinski definition) is 2. The molecule has 1 amide bonds. The molecule has 0 aliphatic heterocycles. The first-order valence-corrected chi connectivity index (χ1v) is 5.91. The van der Waals surface area contributed by atoms with Gasteiger partial charge in [0.25, 0.3) is 5.91 Å². The number of fused-ring (bicyclic) bond motifs is 1. The largest absolute Gasteiger partial charge is 0.375 e. The number of halogens is 1. The van der Waals surface area contributed by atoms with E-state index < -0.39 is 0 Å². The van der Waals surface area contributed by atoms with Gasteiger partial charge in [0.05, 0.1) is 6.20 Å². The number of carbonyl (C=O) groups is 1. The number of carbonyl (C=O) groups excluding carboxylic acids is 1. The van der Waals surface area contributed by atoms with E-state index in [9.17, 15) is 4.79 Å². The van der Waals surface area contributed by atoms with Crippen LogP contribution in [0.5, 0.6) is 0 Å². The van der Waals surface area contributed by atoms with Crippen LogP contribution in [-0.4, -0.2) is 34.8 Å². The van der Waals surface area contributed by atoms with Crippen LogP contribution in [0.25, 0.3) is 5.65 Å². The minimum Gasteiger partial charge on any atom is -0.375 e. The van der Waals surface area contributed by atoms with Gasteiger partial charge in [-0.1, -0.05) is 0 Å². The molecule has 0 aliphatic rings. The number of aromatic nitrogens is 2. The maximum Gasteiger partial charge on any atom is 0.251 e. The number of ether oxygens (including phenoxy) is 1. The van der Waals surface area contributed by atoms with Gasteiger partial charge in [-0.15, -0.1) is 0 Å². The van der Waals surface area contributed by atoms with Crippen molar-refractivity contribution in [3.63, 3.8) is 0 Å². The van der Waals surface area contributed by atoms with E-state index in [1.54, 1.807) is 10.6 Å². The van der Waals surface area contributed by atoms with E-state index in [0.29, 0.717) is 11.3 Å². The molecule has 6 nitrogen and oxygen atoms in total. The van der Waals surface area contributed by atoms with Crippen LogP contribution in [0.3, 0.4) is 0 Å². The lowest BCUT2D eigenvalue weighted by Crippen LogP contribution is -2.33. The fourth-order valence-electron chi connectivity index (χ4n) is 1.51. The molecule has 0 fully saturated rings. The van der Waals surface area contributed by atoms with Crippen LogP contribution < -0.4 is 5.32 Å². The summed E-state index contributed by atoms with van der Waals surface area (Å²) >= 11 is 3.35. The van der Waals surface area contributed by atoms with Gasteiger partial charge in [-0.25, -0.2) is 4.98 Å². The van der Waals surface area contributed by atoms with Crippen molar-refractivity contribution in [1.82, 2.24) is 14.7 Å². The van der Waals surface area contributed by atoms with Gasteiger partial charge >= 0.3 is 0 Å². The first-order chi connectivity index (χ1) is 8.61. The van der Waals surface area contributed by atoms with Gasteiger partial charge < -0.3 is 10.1 Å². The van der Waals surface area contributed by atoms with Crippen molar-refractivity contribution in [2.45, 2.75) is 0 Å². The number of nitrogens with zero attached hydrogens (tertiary/aromatic N) is 2. The van der Waals surface area contributed by atoms with Gasteiger partial charge in [0.2, 0.25) is 0 Å². The van der Waals surface area contributed by atoms with E-state index in [4.69, 9.17) is 5.41 Å². The summed E-state index contributed by atoms with van der Waals surface area (Å²) in [5.41, 5.74) is 1.22. The minimum absolute atomic E-state index is 0.0114. The molecule has 2 heterocycles. The lowest BCUT2D eigenvalue weighted by Gasteiger charge is -2.06. The molecule has 0 spiro atoms. The summed E-state index contributed by atoms with van der Waals surface area (Å²) in [6.07, 6.45) is 3.33. The number of hydrogen-bond acceptors (Lipinski definition) is 4. The molecular weight excluding hydrogens is 300 g/mol. The number of methoxy groups -OCH3 is 1. The summed E-state index contributed by atoms with van der Waals surface area (Å²) < 4.78 is 7.28. The third-order valence-corrected chi connectivity index (χ3v) is 2.73. The summed E-state index contributed by atoms with van der Waals surface area (Å²) in [6.45, 7) is -0.0805. The van der Waals surface area contributed by atoms with Gasteiger partial charge in [-0.2, -0.15) is 0 Å². The zero-order valence-corrected chi connectivity index (χ0v) is 11.2. The Kier molecular flexibility index (Phi) is 3.73. The van der Waals surface area contributed by atoms with E-state index >= 15 is 0 Å². The summed E-state index contributed by atoms with van der Waals surface area (Å²) in [7, 11) is 1.43. The number of amidine groups is 1. The zero-order valence-electron chi connectivity index (χ0n) is 9.61. The van der Waals surface area contributed by atoms with Crippen molar-refractivity contribution in [2.24, 2.45) is 0 Å². The van der Waals surface area contributed by atoms with Crippen LogP contribution >= 0.6 is 15.9 Å². The number of rotatable bonds is 3. The van der Waals surface area contributed by atoms with Crippen LogP contribution in [0.2, 0.25) is 0 Å². The average molecular weight is 311 g/mol. The number of pyridine rings is 1. The van der Waals surface area contributed by atoms with Crippen molar-refractivity contribution in [3.8, 4) is 0 Å². The van der Waals surface area contributed by atoms with E-state index in [0.717, 1.165) is 4.47 Å². The zero-order chi connectivity index (χ0) is 13.1. The topological polar surface area (TPSA) is 79.5 Å². The van der Waals surface area contributed by atoms with Crippen molar-refractivity contribution < 1.29 is 9.53 Å². The van der Waals surface area contributed by atoms with E-state index in [1.165, 1.54) is 13.3 Å². The van der Waals surface area contributed by atoms with Crippen LogP contribution in [-0.2, 0) is 9.53 Å². The Hall–Kier alpha value is -1.73. The molecule has 0 radical (unpaired) electrons. The maximum atomic E-state index is 11.3. The van der Waals surface area contributed by atoms with Crippen molar-refractivity contribution >= 4 is 33.3 Å². The second kappa shape index (κ2) is 5.28. The van der Waals surface area contributed by atoms with E-state index in [-0.39, 0.29) is 18.3 Å². The third-order valence-electron chi connectivity index (χ3n) is 2.27. The van der Waals surface area contributed by atoms with Crippen molar-refractivity contribution in [2.75, 3.05) is 13.7 Å². The lowest BCUT2D eigenvalue weighted by atomic mass is 10.4. The second-order valence-electron chi connectivity index (χ2n) is 3.58. The first kappa shape index (κ1) is 12.7. The summed E-state index contributed by atoms with van der Waals surface area (Å²) in [6, 6.07) is 3.68. The van der Waals surface area contributed by atoms with Crippen molar-refractivity contribution in [3.05, 3.63) is 34.7 Å². The standard InChI is InChI=1S/C11H11BrN4O2/c1-18-6-10(17)15-11(13)8-4-14-9-3-2-7(12)5-16(8)9/h2-5H,6H2,1H3,(H2,13,15,17). The molecule has 0 aromatic carbocycles. The Balaban J connectivity index is 2.28. The first-order valence-electron chi connectivity index (χ1n) is 5.12. The highest BCUT2D eigenvalue weighted by atomic mass is 79.9. The Morgan fingerprint density at radius 2 is 2.39 bits per heavy atom. The Morgan fingerprint density at radius 3 is 3.11 bits per heavy atom. The molecule has 0 bridgehead atoms. The Morgan fingerprint density at radius 1 is 1.61 bits per heavy atom. The predicted octanol–water partition coefficient (Wildman–Crippen LogP) is 1.18. The molecule has 2 aromatic heterocycles. The summed E-state index contributed by atoms with van der Waals surface area (Å²) in [4.78, 5) is 15.5. The lowest BCUT2D eigenvalue weighted by molar-refractivity contribution is -0.123. The Labute approximate surface area is 112 Å².